The molecule has 6 heteroatoms. The van der Waals surface area contributed by atoms with Crippen LogP contribution >= 0.6 is 0 Å². The molecule has 0 atom stereocenters. The number of rotatable bonds is 5. The topological polar surface area (TPSA) is 75.2 Å². The van der Waals surface area contributed by atoms with Gasteiger partial charge in [0.1, 0.15) is 6.33 Å². The minimum Gasteiger partial charge on any atom is -0.342 e. The van der Waals surface area contributed by atoms with E-state index in [1.54, 1.807) is 18.6 Å². The number of likely N-dealkylation sites (tertiary alicyclic amines) is 1. The molecular weight excluding hydrogens is 328 g/mol. The molecule has 0 aliphatic carbocycles. The van der Waals surface area contributed by atoms with E-state index in [1.165, 1.54) is 6.08 Å². The Morgan fingerprint density at radius 2 is 2.08 bits per heavy atom. The lowest BCUT2D eigenvalue weighted by atomic mass is 9.93. The van der Waals surface area contributed by atoms with E-state index in [2.05, 4.69) is 21.9 Å². The Bertz CT molecular complexity index is 783. The van der Waals surface area contributed by atoms with Gasteiger partial charge in [-0.1, -0.05) is 18.7 Å². The average molecular weight is 350 g/mol. The summed E-state index contributed by atoms with van der Waals surface area (Å²) in [5.41, 5.74) is 2.61. The number of carbonyl (C=O) groups is 2. The Hall–Kier alpha value is -3.02. The molecular formula is C20H22N4O2. The van der Waals surface area contributed by atoms with Crippen LogP contribution in [0.4, 0.5) is 5.69 Å². The number of hydrogen-bond acceptors (Lipinski definition) is 4. The number of benzene rings is 1. The second-order valence-corrected chi connectivity index (χ2v) is 6.36. The molecule has 0 bridgehead atoms. The molecule has 1 saturated heterocycles. The number of amides is 2. The molecule has 1 aromatic carbocycles. The quantitative estimate of drug-likeness (QED) is 0.841. The highest BCUT2D eigenvalue weighted by Gasteiger charge is 2.24. The van der Waals surface area contributed by atoms with Crippen LogP contribution < -0.4 is 5.32 Å². The largest absolute Gasteiger partial charge is 0.342 e. The van der Waals surface area contributed by atoms with E-state index in [1.807, 2.05) is 29.2 Å². The fourth-order valence-corrected chi connectivity index (χ4v) is 3.21. The maximum Gasteiger partial charge on any atom is 0.247 e. The van der Waals surface area contributed by atoms with Gasteiger partial charge in [0.25, 0.3) is 0 Å². The first kappa shape index (κ1) is 17.8. The molecule has 1 aromatic heterocycles. The van der Waals surface area contributed by atoms with Crippen LogP contribution in [0, 0.1) is 0 Å². The van der Waals surface area contributed by atoms with E-state index in [4.69, 9.17) is 0 Å². The van der Waals surface area contributed by atoms with Gasteiger partial charge in [0, 0.05) is 36.6 Å². The molecule has 0 radical (unpaired) electrons. The van der Waals surface area contributed by atoms with Gasteiger partial charge in [0.05, 0.1) is 6.42 Å². The molecule has 1 aliphatic heterocycles. The van der Waals surface area contributed by atoms with E-state index in [0.717, 1.165) is 37.2 Å². The summed E-state index contributed by atoms with van der Waals surface area (Å²) in [6, 6.07) is 9.30. The SMILES string of the molecule is C=CC(=O)Nc1cccc(CC(=O)N2CCC(c3ccncn3)CC2)c1. The van der Waals surface area contributed by atoms with Crippen molar-refractivity contribution in [3.8, 4) is 0 Å². The van der Waals surface area contributed by atoms with Gasteiger partial charge in [-0.25, -0.2) is 9.97 Å². The van der Waals surface area contributed by atoms with Crippen LogP contribution in [0.25, 0.3) is 0 Å². The molecule has 3 rings (SSSR count). The molecule has 2 aromatic rings. The van der Waals surface area contributed by atoms with Crippen molar-refractivity contribution in [1.29, 1.82) is 0 Å². The molecule has 6 nitrogen and oxygen atoms in total. The molecule has 1 aliphatic rings. The molecule has 26 heavy (non-hydrogen) atoms. The summed E-state index contributed by atoms with van der Waals surface area (Å²) < 4.78 is 0. The molecule has 1 N–H and O–H groups in total. The van der Waals surface area contributed by atoms with Gasteiger partial charge in [-0.05, 0) is 42.7 Å². The summed E-state index contributed by atoms with van der Waals surface area (Å²) in [4.78, 5) is 34.2. The predicted molar refractivity (Wildman–Crippen MR) is 99.6 cm³/mol. The molecule has 134 valence electrons. The second-order valence-electron chi connectivity index (χ2n) is 6.36. The number of aromatic nitrogens is 2. The van der Waals surface area contributed by atoms with Crippen molar-refractivity contribution in [3.63, 3.8) is 0 Å². The van der Waals surface area contributed by atoms with Crippen molar-refractivity contribution < 1.29 is 9.59 Å². The molecule has 1 fully saturated rings. The van der Waals surface area contributed by atoms with E-state index < -0.39 is 0 Å². The summed E-state index contributed by atoms with van der Waals surface area (Å²) in [6.07, 6.45) is 6.72. The number of nitrogens with one attached hydrogen (secondary N) is 1. The van der Waals surface area contributed by atoms with Crippen LogP contribution in [0.2, 0.25) is 0 Å². The molecule has 0 unspecified atom stereocenters. The lowest BCUT2D eigenvalue weighted by molar-refractivity contribution is -0.131. The molecule has 2 amide bonds. The Kier molecular flexibility index (Phi) is 5.73. The van der Waals surface area contributed by atoms with Gasteiger partial charge >= 0.3 is 0 Å². The van der Waals surface area contributed by atoms with Crippen molar-refractivity contribution in [2.24, 2.45) is 0 Å². The highest BCUT2D eigenvalue weighted by molar-refractivity contribution is 5.98. The molecule has 0 spiro atoms. The van der Waals surface area contributed by atoms with Crippen molar-refractivity contribution in [2.75, 3.05) is 18.4 Å². The van der Waals surface area contributed by atoms with Crippen molar-refractivity contribution in [1.82, 2.24) is 14.9 Å². The minimum atomic E-state index is -0.264. The monoisotopic (exact) mass is 350 g/mol. The summed E-state index contributed by atoms with van der Waals surface area (Å²) in [5, 5.41) is 2.71. The van der Waals surface area contributed by atoms with Crippen LogP contribution in [0.15, 0.2) is 55.5 Å². The smallest absolute Gasteiger partial charge is 0.247 e. The van der Waals surface area contributed by atoms with Crippen molar-refractivity contribution in [3.05, 3.63) is 66.8 Å². The van der Waals surface area contributed by atoms with Crippen LogP contribution in [0.3, 0.4) is 0 Å². The Balaban J connectivity index is 1.55. The van der Waals surface area contributed by atoms with Crippen LogP contribution in [0.5, 0.6) is 0 Å². The minimum absolute atomic E-state index is 0.110. The van der Waals surface area contributed by atoms with E-state index in [0.29, 0.717) is 18.0 Å². The first-order valence-corrected chi connectivity index (χ1v) is 8.72. The third-order valence-corrected chi connectivity index (χ3v) is 4.61. The third-order valence-electron chi connectivity index (χ3n) is 4.61. The zero-order valence-electron chi connectivity index (χ0n) is 14.6. The summed E-state index contributed by atoms with van der Waals surface area (Å²) in [6.45, 7) is 4.91. The molecule has 2 heterocycles. The van der Waals surface area contributed by atoms with Crippen molar-refractivity contribution in [2.45, 2.75) is 25.2 Å². The lowest BCUT2D eigenvalue weighted by Gasteiger charge is -2.31. The van der Waals surface area contributed by atoms with Crippen LogP contribution in [-0.4, -0.2) is 39.8 Å². The normalized spacial score (nSPS) is 14.7. The van der Waals surface area contributed by atoms with Gasteiger partial charge in [-0.15, -0.1) is 0 Å². The third kappa shape index (κ3) is 4.53. The standard InChI is InChI=1S/C20H22N4O2/c1-2-19(25)23-17-5-3-4-15(12-17)13-20(26)24-10-7-16(8-11-24)18-6-9-21-14-22-18/h2-6,9,12,14,16H,1,7-8,10-11,13H2,(H,23,25). The Morgan fingerprint density at radius 1 is 1.27 bits per heavy atom. The zero-order chi connectivity index (χ0) is 18.4. The fraction of sp³-hybridized carbons (Fsp3) is 0.300. The van der Waals surface area contributed by atoms with Crippen LogP contribution in [-0.2, 0) is 16.0 Å². The van der Waals surface area contributed by atoms with Gasteiger partial charge < -0.3 is 10.2 Å². The highest BCUT2D eigenvalue weighted by Crippen LogP contribution is 2.26. The lowest BCUT2D eigenvalue weighted by Crippen LogP contribution is -2.38. The van der Waals surface area contributed by atoms with Gasteiger partial charge in [0.2, 0.25) is 11.8 Å². The molecule has 0 saturated carbocycles. The van der Waals surface area contributed by atoms with Gasteiger partial charge in [-0.3, -0.25) is 9.59 Å². The summed E-state index contributed by atoms with van der Waals surface area (Å²) >= 11 is 0. The van der Waals surface area contributed by atoms with Gasteiger partial charge in [-0.2, -0.15) is 0 Å². The maximum atomic E-state index is 12.6. The van der Waals surface area contributed by atoms with E-state index in [-0.39, 0.29) is 11.8 Å². The maximum absolute atomic E-state index is 12.6. The summed E-state index contributed by atoms with van der Waals surface area (Å²) in [7, 11) is 0. The average Bonchev–Trinajstić information content (AvgIpc) is 2.69. The highest BCUT2D eigenvalue weighted by atomic mass is 16.2. The zero-order valence-corrected chi connectivity index (χ0v) is 14.6. The fourth-order valence-electron chi connectivity index (χ4n) is 3.21. The predicted octanol–water partition coefficient (Wildman–Crippen LogP) is 2.55. The second kappa shape index (κ2) is 8.38. The van der Waals surface area contributed by atoms with E-state index >= 15 is 0 Å². The number of piperidine rings is 1. The number of carbonyl (C=O) groups excluding carboxylic acids is 2. The van der Waals surface area contributed by atoms with E-state index in [9.17, 15) is 9.59 Å². The van der Waals surface area contributed by atoms with Gasteiger partial charge in [0.15, 0.2) is 0 Å². The first-order chi connectivity index (χ1) is 12.7. The van der Waals surface area contributed by atoms with Crippen LogP contribution in [0.1, 0.15) is 30.0 Å². The number of anilines is 1. The first-order valence-electron chi connectivity index (χ1n) is 8.72. The van der Waals surface area contributed by atoms with Crippen molar-refractivity contribution >= 4 is 17.5 Å². The number of nitrogens with zero attached hydrogens (tertiary/aromatic N) is 3. The Labute approximate surface area is 153 Å². The summed E-state index contributed by atoms with van der Waals surface area (Å²) in [5.74, 6) is 0.234. The Morgan fingerprint density at radius 3 is 2.77 bits per heavy atom. The number of hydrogen-bond donors (Lipinski definition) is 1.